The van der Waals surface area contributed by atoms with Crippen molar-refractivity contribution in [2.24, 2.45) is 10.9 Å². The molecule has 3 atom stereocenters. The molecule has 0 aromatic heterocycles. The maximum absolute atomic E-state index is 10.2. The van der Waals surface area contributed by atoms with Crippen molar-refractivity contribution in [2.45, 2.75) is 58.1 Å². The van der Waals surface area contributed by atoms with Crippen molar-refractivity contribution < 1.29 is 5.11 Å². The Bertz CT molecular complexity index is 475. The predicted molar refractivity (Wildman–Crippen MR) is 96.7 cm³/mol. The average molecular weight is 317 g/mol. The average Bonchev–Trinajstić information content (AvgIpc) is 2.54. The molecular formula is C19H31N3O. The van der Waals surface area contributed by atoms with Crippen LogP contribution in [0.15, 0.2) is 35.3 Å². The normalized spacial score (nSPS) is 23.3. The van der Waals surface area contributed by atoms with E-state index in [0.717, 1.165) is 24.0 Å². The highest BCUT2D eigenvalue weighted by Crippen LogP contribution is 2.23. The van der Waals surface area contributed by atoms with Crippen LogP contribution in [0.5, 0.6) is 0 Å². The molecule has 3 N–H and O–H groups in total. The number of guanidine groups is 1. The molecule has 1 aromatic carbocycles. The quantitative estimate of drug-likeness (QED) is 0.558. The van der Waals surface area contributed by atoms with Crippen molar-refractivity contribution in [3.05, 3.63) is 35.9 Å². The van der Waals surface area contributed by atoms with Crippen molar-refractivity contribution >= 4 is 5.96 Å². The zero-order chi connectivity index (χ0) is 16.5. The van der Waals surface area contributed by atoms with Crippen molar-refractivity contribution in [3.8, 4) is 0 Å². The summed E-state index contributed by atoms with van der Waals surface area (Å²) in [5, 5.41) is 17.0. The lowest BCUT2D eigenvalue weighted by molar-refractivity contribution is 0.183. The van der Waals surface area contributed by atoms with E-state index in [1.807, 2.05) is 30.3 Å². The summed E-state index contributed by atoms with van der Waals surface area (Å²) in [6.45, 7) is 5.65. The Labute approximate surface area is 140 Å². The van der Waals surface area contributed by atoms with Gasteiger partial charge < -0.3 is 15.7 Å². The summed E-state index contributed by atoms with van der Waals surface area (Å²) < 4.78 is 0. The number of nitrogens with one attached hydrogen (secondary N) is 2. The first-order chi connectivity index (χ1) is 11.2. The van der Waals surface area contributed by atoms with E-state index >= 15 is 0 Å². The van der Waals surface area contributed by atoms with Crippen molar-refractivity contribution in [1.29, 1.82) is 0 Å². The highest BCUT2D eigenvalue weighted by Gasteiger charge is 2.19. The minimum absolute atomic E-state index is 0.423. The van der Waals surface area contributed by atoms with E-state index < -0.39 is 6.10 Å². The fraction of sp³-hybridized carbons (Fsp3) is 0.632. The molecule has 1 saturated carbocycles. The first kappa shape index (κ1) is 17.8. The lowest BCUT2D eigenvalue weighted by atomic mass is 9.87. The van der Waals surface area contributed by atoms with E-state index in [0.29, 0.717) is 19.0 Å². The van der Waals surface area contributed by atoms with E-state index in [9.17, 15) is 5.11 Å². The third-order valence-electron chi connectivity index (χ3n) is 4.40. The number of nitrogens with zero attached hydrogens (tertiary/aromatic N) is 1. The van der Waals surface area contributed by atoms with Crippen LogP contribution >= 0.6 is 0 Å². The molecule has 0 saturated heterocycles. The molecule has 128 valence electrons. The summed E-state index contributed by atoms with van der Waals surface area (Å²) in [6.07, 6.45) is 5.23. The second kappa shape index (κ2) is 9.56. The Balaban J connectivity index is 1.84. The Hall–Kier alpha value is -1.55. The molecule has 0 radical (unpaired) electrons. The predicted octanol–water partition coefficient (Wildman–Crippen LogP) is 2.72. The molecule has 0 amide bonds. The van der Waals surface area contributed by atoms with Crippen molar-refractivity contribution in [2.75, 3.05) is 13.1 Å². The Kier molecular flexibility index (Phi) is 7.40. The van der Waals surface area contributed by atoms with E-state index in [4.69, 9.17) is 0 Å². The Morgan fingerprint density at radius 1 is 1.30 bits per heavy atom. The molecule has 23 heavy (non-hydrogen) atoms. The Morgan fingerprint density at radius 3 is 2.78 bits per heavy atom. The lowest BCUT2D eigenvalue weighted by Gasteiger charge is -2.29. The van der Waals surface area contributed by atoms with Crippen LogP contribution in [0.1, 0.15) is 45.1 Å². The molecule has 0 aliphatic heterocycles. The maximum atomic E-state index is 10.2. The zero-order valence-electron chi connectivity index (χ0n) is 14.5. The zero-order valence-corrected chi connectivity index (χ0v) is 14.5. The first-order valence-electron chi connectivity index (χ1n) is 8.94. The van der Waals surface area contributed by atoms with Gasteiger partial charge in [-0.05, 0) is 31.2 Å². The number of aliphatic hydroxyl groups is 1. The second-order valence-electron chi connectivity index (χ2n) is 6.68. The number of aliphatic imine (C=N–C) groups is 1. The largest absolute Gasteiger partial charge is 0.391 e. The van der Waals surface area contributed by atoms with Gasteiger partial charge in [-0.3, -0.25) is 4.99 Å². The van der Waals surface area contributed by atoms with Gasteiger partial charge in [-0.1, -0.05) is 50.1 Å². The fourth-order valence-electron chi connectivity index (χ4n) is 3.23. The molecule has 4 heteroatoms. The summed E-state index contributed by atoms with van der Waals surface area (Å²) in [4.78, 5) is 4.57. The molecule has 4 nitrogen and oxygen atoms in total. The summed E-state index contributed by atoms with van der Waals surface area (Å²) in [5.41, 5.74) is 1.15. The smallest absolute Gasteiger partial charge is 0.191 e. The van der Waals surface area contributed by atoms with Crippen LogP contribution in [0.2, 0.25) is 0 Å². The van der Waals surface area contributed by atoms with Gasteiger partial charge in [-0.25, -0.2) is 0 Å². The molecule has 1 aromatic rings. The third kappa shape index (κ3) is 6.61. The minimum atomic E-state index is -0.446. The van der Waals surface area contributed by atoms with Gasteiger partial charge in [0.15, 0.2) is 5.96 Å². The standard InChI is InChI=1S/C19H31N3O/c1-3-20-19(22-17-11-7-8-15(2)12-17)21-14-18(23)13-16-9-5-4-6-10-16/h4-6,9-10,15,17-18,23H,3,7-8,11-14H2,1-2H3,(H2,20,21,22). The first-order valence-corrected chi connectivity index (χ1v) is 8.94. The molecule has 3 unspecified atom stereocenters. The molecule has 0 spiro atoms. The summed E-state index contributed by atoms with van der Waals surface area (Å²) >= 11 is 0. The number of aliphatic hydroxyl groups excluding tert-OH is 1. The van der Waals surface area contributed by atoms with Crippen LogP contribution < -0.4 is 10.6 Å². The van der Waals surface area contributed by atoms with Crippen LogP contribution in [0.25, 0.3) is 0 Å². The topological polar surface area (TPSA) is 56.7 Å². The van der Waals surface area contributed by atoms with Gasteiger partial charge in [0.25, 0.3) is 0 Å². The molecule has 0 heterocycles. The SMILES string of the molecule is CCNC(=NCC(O)Cc1ccccc1)NC1CCCC(C)C1. The number of hydrogen-bond donors (Lipinski definition) is 3. The summed E-state index contributed by atoms with van der Waals surface area (Å²) in [6, 6.07) is 10.6. The number of rotatable bonds is 6. The highest BCUT2D eigenvalue weighted by atomic mass is 16.3. The third-order valence-corrected chi connectivity index (χ3v) is 4.40. The van der Waals surface area contributed by atoms with Crippen LogP contribution in [0.4, 0.5) is 0 Å². The van der Waals surface area contributed by atoms with Gasteiger partial charge in [0.1, 0.15) is 0 Å². The van der Waals surface area contributed by atoms with Gasteiger partial charge in [-0.2, -0.15) is 0 Å². The van der Waals surface area contributed by atoms with Gasteiger partial charge in [-0.15, -0.1) is 0 Å². The van der Waals surface area contributed by atoms with Crippen LogP contribution in [-0.2, 0) is 6.42 Å². The molecule has 1 fully saturated rings. The Morgan fingerprint density at radius 2 is 2.09 bits per heavy atom. The molecule has 2 rings (SSSR count). The van der Waals surface area contributed by atoms with Crippen LogP contribution in [0, 0.1) is 5.92 Å². The lowest BCUT2D eigenvalue weighted by Crippen LogP contribution is -2.45. The van der Waals surface area contributed by atoms with Crippen LogP contribution in [-0.4, -0.2) is 36.3 Å². The van der Waals surface area contributed by atoms with Gasteiger partial charge in [0.2, 0.25) is 0 Å². The fourth-order valence-corrected chi connectivity index (χ4v) is 3.23. The van der Waals surface area contributed by atoms with Gasteiger partial charge in [0.05, 0.1) is 12.6 Å². The molecule has 1 aliphatic rings. The van der Waals surface area contributed by atoms with Gasteiger partial charge in [0, 0.05) is 19.0 Å². The van der Waals surface area contributed by atoms with Crippen LogP contribution in [0.3, 0.4) is 0 Å². The summed E-state index contributed by atoms with van der Waals surface area (Å²) in [5.74, 6) is 1.62. The van der Waals surface area contributed by atoms with Crippen molar-refractivity contribution in [3.63, 3.8) is 0 Å². The van der Waals surface area contributed by atoms with E-state index in [-0.39, 0.29) is 0 Å². The monoisotopic (exact) mass is 317 g/mol. The van der Waals surface area contributed by atoms with Gasteiger partial charge >= 0.3 is 0 Å². The second-order valence-corrected chi connectivity index (χ2v) is 6.68. The number of hydrogen-bond acceptors (Lipinski definition) is 2. The van der Waals surface area contributed by atoms with E-state index in [1.165, 1.54) is 25.7 Å². The molecule has 0 bridgehead atoms. The van der Waals surface area contributed by atoms with E-state index in [2.05, 4.69) is 29.5 Å². The maximum Gasteiger partial charge on any atom is 0.191 e. The molecular weight excluding hydrogens is 286 g/mol. The highest BCUT2D eigenvalue weighted by molar-refractivity contribution is 5.80. The molecule has 1 aliphatic carbocycles. The minimum Gasteiger partial charge on any atom is -0.391 e. The summed E-state index contributed by atoms with van der Waals surface area (Å²) in [7, 11) is 0. The van der Waals surface area contributed by atoms with E-state index in [1.54, 1.807) is 0 Å². The van der Waals surface area contributed by atoms with Crippen molar-refractivity contribution in [1.82, 2.24) is 10.6 Å². The number of benzene rings is 1.